The summed E-state index contributed by atoms with van der Waals surface area (Å²) < 4.78 is 28.5. The minimum atomic E-state index is -2.95. The largest absolute Gasteiger partial charge is 0.433 e. The van der Waals surface area contributed by atoms with Crippen LogP contribution in [0.4, 0.5) is 19.3 Å². The highest BCUT2D eigenvalue weighted by Gasteiger charge is 2.12. The maximum Gasteiger partial charge on any atom is 0.387 e. The van der Waals surface area contributed by atoms with E-state index in [2.05, 4.69) is 15.4 Å². The number of nitrogens with one attached hydrogen (secondary N) is 2. The zero-order valence-electron chi connectivity index (χ0n) is 11.5. The number of halogens is 3. The van der Waals surface area contributed by atoms with Crippen LogP contribution in [0.5, 0.6) is 5.75 Å². The average molecular weight is 347 g/mol. The molecule has 2 rings (SSSR count). The number of anilines is 1. The molecule has 0 aliphatic carbocycles. The van der Waals surface area contributed by atoms with E-state index in [0.29, 0.717) is 5.69 Å². The third kappa shape index (κ3) is 4.57. The smallest absolute Gasteiger partial charge is 0.387 e. The van der Waals surface area contributed by atoms with Crippen molar-refractivity contribution >= 4 is 34.7 Å². The standard InChI is InChI=1S/C14H13ClF2N2O2S/c1-8(12-3-2-6-22-12)18-14(20)19-9-4-5-11(10(15)7-9)21-13(16)17/h2-8,13H,1H3,(H2,18,19,20). The number of urea groups is 1. The molecule has 0 saturated carbocycles. The molecule has 2 amide bonds. The Morgan fingerprint density at radius 1 is 1.36 bits per heavy atom. The lowest BCUT2D eigenvalue weighted by atomic mass is 10.3. The highest BCUT2D eigenvalue weighted by atomic mass is 35.5. The summed E-state index contributed by atoms with van der Waals surface area (Å²) in [6.07, 6.45) is 0. The summed E-state index contributed by atoms with van der Waals surface area (Å²) in [5.74, 6) is -0.144. The van der Waals surface area contributed by atoms with E-state index in [4.69, 9.17) is 11.6 Å². The van der Waals surface area contributed by atoms with Crippen molar-refractivity contribution in [2.75, 3.05) is 5.32 Å². The first-order valence-corrected chi connectivity index (χ1v) is 7.56. The molecule has 2 N–H and O–H groups in total. The summed E-state index contributed by atoms with van der Waals surface area (Å²) in [7, 11) is 0. The molecule has 0 saturated heterocycles. The Balaban J connectivity index is 1.95. The second-order valence-corrected chi connectivity index (χ2v) is 5.75. The quantitative estimate of drug-likeness (QED) is 0.810. The van der Waals surface area contributed by atoms with Crippen LogP contribution in [-0.4, -0.2) is 12.6 Å². The Morgan fingerprint density at radius 3 is 2.73 bits per heavy atom. The van der Waals surface area contributed by atoms with Gasteiger partial charge in [0.25, 0.3) is 0 Å². The van der Waals surface area contributed by atoms with Gasteiger partial charge in [-0.05, 0) is 36.6 Å². The number of thiophene rings is 1. The normalized spacial score (nSPS) is 12.0. The van der Waals surface area contributed by atoms with Gasteiger partial charge in [0.05, 0.1) is 11.1 Å². The maximum atomic E-state index is 12.1. The van der Waals surface area contributed by atoms with Gasteiger partial charge in [-0.1, -0.05) is 17.7 Å². The number of hydrogen-bond donors (Lipinski definition) is 2. The van der Waals surface area contributed by atoms with Crippen molar-refractivity contribution < 1.29 is 18.3 Å². The number of amides is 2. The SMILES string of the molecule is CC(NC(=O)Nc1ccc(OC(F)F)c(Cl)c1)c1cccs1. The third-order valence-corrected chi connectivity index (χ3v) is 4.07. The summed E-state index contributed by atoms with van der Waals surface area (Å²) in [5.41, 5.74) is 0.377. The van der Waals surface area contributed by atoms with E-state index in [-0.39, 0.29) is 16.8 Å². The summed E-state index contributed by atoms with van der Waals surface area (Å²) in [4.78, 5) is 12.9. The molecule has 4 nitrogen and oxygen atoms in total. The van der Waals surface area contributed by atoms with Crippen molar-refractivity contribution in [3.05, 3.63) is 45.6 Å². The zero-order valence-corrected chi connectivity index (χ0v) is 13.0. The van der Waals surface area contributed by atoms with Gasteiger partial charge in [-0.3, -0.25) is 0 Å². The van der Waals surface area contributed by atoms with Gasteiger partial charge in [-0.15, -0.1) is 11.3 Å². The van der Waals surface area contributed by atoms with Crippen molar-refractivity contribution in [3.63, 3.8) is 0 Å². The van der Waals surface area contributed by atoms with Crippen LogP contribution in [0.25, 0.3) is 0 Å². The second kappa shape index (κ2) is 7.42. The monoisotopic (exact) mass is 346 g/mol. The van der Waals surface area contributed by atoms with E-state index in [1.165, 1.54) is 29.5 Å². The Bertz CT molecular complexity index is 638. The molecular formula is C14H13ClF2N2O2S. The van der Waals surface area contributed by atoms with E-state index >= 15 is 0 Å². The Morgan fingerprint density at radius 2 is 2.14 bits per heavy atom. The Hall–Kier alpha value is -1.86. The average Bonchev–Trinajstić information content (AvgIpc) is 2.95. The lowest BCUT2D eigenvalue weighted by Crippen LogP contribution is -2.30. The molecule has 0 aliphatic heterocycles. The van der Waals surface area contributed by atoms with Crippen LogP contribution in [0, 0.1) is 0 Å². The minimum absolute atomic E-state index is 0.00981. The molecule has 1 aromatic carbocycles. The van der Waals surface area contributed by atoms with E-state index in [9.17, 15) is 13.6 Å². The summed E-state index contributed by atoms with van der Waals surface area (Å²) in [6, 6.07) is 7.30. The number of benzene rings is 1. The molecule has 8 heteroatoms. The van der Waals surface area contributed by atoms with Crippen molar-refractivity contribution in [1.29, 1.82) is 0 Å². The first kappa shape index (κ1) is 16.5. The van der Waals surface area contributed by atoms with Gasteiger partial charge >= 0.3 is 12.6 Å². The number of rotatable bonds is 5. The molecule has 1 unspecified atom stereocenters. The molecule has 22 heavy (non-hydrogen) atoms. The molecule has 1 atom stereocenters. The molecule has 0 aliphatic rings. The third-order valence-electron chi connectivity index (χ3n) is 2.72. The minimum Gasteiger partial charge on any atom is -0.433 e. The number of carbonyl (C=O) groups is 1. The fourth-order valence-electron chi connectivity index (χ4n) is 1.74. The summed E-state index contributed by atoms with van der Waals surface area (Å²) in [6.45, 7) is -1.09. The van der Waals surface area contributed by atoms with Crippen LogP contribution in [0.3, 0.4) is 0 Å². The lowest BCUT2D eigenvalue weighted by molar-refractivity contribution is -0.0497. The van der Waals surface area contributed by atoms with Crippen LogP contribution < -0.4 is 15.4 Å². The first-order valence-electron chi connectivity index (χ1n) is 6.31. The van der Waals surface area contributed by atoms with E-state index < -0.39 is 12.6 Å². The van der Waals surface area contributed by atoms with Crippen LogP contribution in [0.15, 0.2) is 35.7 Å². The fraction of sp³-hybridized carbons (Fsp3) is 0.214. The van der Waals surface area contributed by atoms with Gasteiger partial charge in [0, 0.05) is 10.6 Å². The molecular weight excluding hydrogens is 334 g/mol. The molecule has 0 spiro atoms. The highest BCUT2D eigenvalue weighted by Crippen LogP contribution is 2.29. The van der Waals surface area contributed by atoms with Gasteiger partial charge in [0.1, 0.15) is 5.75 Å². The van der Waals surface area contributed by atoms with Crippen molar-refractivity contribution in [3.8, 4) is 5.75 Å². The maximum absolute atomic E-state index is 12.1. The van der Waals surface area contributed by atoms with E-state index in [1.54, 1.807) is 0 Å². The van der Waals surface area contributed by atoms with Gasteiger partial charge in [-0.25, -0.2) is 4.79 Å². The molecule has 0 bridgehead atoms. The summed E-state index contributed by atoms with van der Waals surface area (Å²) in [5, 5.41) is 7.26. The first-order chi connectivity index (χ1) is 10.5. The van der Waals surface area contributed by atoms with Crippen LogP contribution in [0.1, 0.15) is 17.8 Å². The Labute approximate surface area is 135 Å². The van der Waals surface area contributed by atoms with Crippen LogP contribution in [0.2, 0.25) is 5.02 Å². The van der Waals surface area contributed by atoms with E-state index in [1.807, 2.05) is 24.4 Å². The van der Waals surface area contributed by atoms with Crippen molar-refractivity contribution in [1.82, 2.24) is 5.32 Å². The topological polar surface area (TPSA) is 50.4 Å². The molecule has 2 aromatic rings. The van der Waals surface area contributed by atoms with Gasteiger partial charge in [-0.2, -0.15) is 8.78 Å². The number of ether oxygens (including phenoxy) is 1. The number of alkyl halides is 2. The molecule has 0 fully saturated rings. The molecule has 118 valence electrons. The molecule has 1 heterocycles. The van der Waals surface area contributed by atoms with Gasteiger partial charge < -0.3 is 15.4 Å². The predicted molar refractivity (Wildman–Crippen MR) is 83.0 cm³/mol. The number of carbonyl (C=O) groups excluding carboxylic acids is 1. The molecule has 0 radical (unpaired) electrons. The second-order valence-electron chi connectivity index (χ2n) is 4.36. The van der Waals surface area contributed by atoms with Gasteiger partial charge in [0.2, 0.25) is 0 Å². The predicted octanol–water partition coefficient (Wildman–Crippen LogP) is 4.89. The van der Waals surface area contributed by atoms with E-state index in [0.717, 1.165) is 4.88 Å². The molecule has 1 aromatic heterocycles. The highest BCUT2D eigenvalue weighted by molar-refractivity contribution is 7.10. The zero-order chi connectivity index (χ0) is 16.1. The van der Waals surface area contributed by atoms with Crippen molar-refractivity contribution in [2.45, 2.75) is 19.6 Å². The van der Waals surface area contributed by atoms with Gasteiger partial charge in [0.15, 0.2) is 0 Å². The summed E-state index contributed by atoms with van der Waals surface area (Å²) >= 11 is 7.35. The van der Waals surface area contributed by atoms with Crippen LogP contribution in [-0.2, 0) is 0 Å². The van der Waals surface area contributed by atoms with Crippen LogP contribution >= 0.6 is 22.9 Å². The van der Waals surface area contributed by atoms with Crippen molar-refractivity contribution in [2.24, 2.45) is 0 Å². The fourth-order valence-corrected chi connectivity index (χ4v) is 2.70. The number of hydrogen-bond acceptors (Lipinski definition) is 3. The Kier molecular flexibility index (Phi) is 5.57. The lowest BCUT2D eigenvalue weighted by Gasteiger charge is -2.14.